The average molecular weight is 377 g/mol. The number of nitrogens with zero attached hydrogens (tertiary/aromatic N) is 1. The summed E-state index contributed by atoms with van der Waals surface area (Å²) in [6, 6.07) is 10.0. The highest BCUT2D eigenvalue weighted by atomic mass is 32.2. The van der Waals surface area contributed by atoms with Crippen molar-refractivity contribution < 1.29 is 18.0 Å². The lowest BCUT2D eigenvalue weighted by atomic mass is 10.3. The summed E-state index contributed by atoms with van der Waals surface area (Å²) in [5.41, 5.74) is 1.54. The van der Waals surface area contributed by atoms with Crippen molar-refractivity contribution in [3.63, 3.8) is 0 Å². The minimum atomic E-state index is -0.810. The molecule has 1 heterocycles. The number of urea groups is 1. The Morgan fingerprint density at radius 2 is 2.00 bits per heavy atom. The number of thioether (sulfide) groups is 1. The number of oxazole rings is 1. The molecule has 2 N–H and O–H groups in total. The number of hydrogen-bond donors (Lipinski definition) is 2. The van der Waals surface area contributed by atoms with Crippen LogP contribution in [0.4, 0.5) is 19.3 Å². The van der Waals surface area contributed by atoms with Crippen molar-refractivity contribution >= 4 is 34.6 Å². The van der Waals surface area contributed by atoms with Crippen LogP contribution < -0.4 is 10.6 Å². The first-order valence-electron chi connectivity index (χ1n) is 8.10. The molecule has 0 aliphatic carbocycles. The monoisotopic (exact) mass is 377 g/mol. The van der Waals surface area contributed by atoms with E-state index in [1.165, 1.54) is 17.8 Å². The molecule has 2 aromatic carbocycles. The number of aromatic nitrogens is 1. The fraction of sp³-hybridized carbons (Fsp3) is 0.222. The van der Waals surface area contributed by atoms with Gasteiger partial charge in [-0.3, -0.25) is 0 Å². The van der Waals surface area contributed by atoms with Gasteiger partial charge in [0.15, 0.2) is 5.58 Å². The average Bonchev–Trinajstić information content (AvgIpc) is 3.03. The van der Waals surface area contributed by atoms with Crippen LogP contribution >= 0.6 is 11.8 Å². The number of hydrogen-bond acceptors (Lipinski definition) is 4. The van der Waals surface area contributed by atoms with Gasteiger partial charge in [-0.2, -0.15) is 0 Å². The maximum absolute atomic E-state index is 13.4. The van der Waals surface area contributed by atoms with Gasteiger partial charge in [0.05, 0.1) is 5.69 Å². The zero-order valence-corrected chi connectivity index (χ0v) is 14.6. The largest absolute Gasteiger partial charge is 0.431 e. The van der Waals surface area contributed by atoms with Crippen LogP contribution in [0.15, 0.2) is 52.1 Å². The summed E-state index contributed by atoms with van der Waals surface area (Å²) < 4.78 is 31.9. The lowest BCUT2D eigenvalue weighted by Gasteiger charge is -2.08. The van der Waals surface area contributed by atoms with Crippen LogP contribution in [0.3, 0.4) is 0 Å². The van der Waals surface area contributed by atoms with Gasteiger partial charge in [0.25, 0.3) is 5.22 Å². The molecule has 3 aromatic rings. The first kappa shape index (κ1) is 18.2. The molecule has 0 radical (unpaired) electrons. The van der Waals surface area contributed by atoms with Crippen molar-refractivity contribution in [3.05, 3.63) is 54.1 Å². The van der Waals surface area contributed by atoms with E-state index in [2.05, 4.69) is 15.6 Å². The minimum absolute atomic E-state index is 0.0598. The molecule has 0 atom stereocenters. The van der Waals surface area contributed by atoms with Gasteiger partial charge in [-0.25, -0.2) is 18.6 Å². The number of amides is 2. The highest BCUT2D eigenvalue weighted by Crippen LogP contribution is 2.23. The van der Waals surface area contributed by atoms with Gasteiger partial charge >= 0.3 is 6.03 Å². The molecule has 8 heteroatoms. The van der Waals surface area contributed by atoms with Crippen molar-refractivity contribution in [2.24, 2.45) is 0 Å². The predicted molar refractivity (Wildman–Crippen MR) is 97.3 cm³/mol. The molecule has 136 valence electrons. The quantitative estimate of drug-likeness (QED) is 0.458. The minimum Gasteiger partial charge on any atom is -0.431 e. The Hall–Kier alpha value is -2.61. The smallest absolute Gasteiger partial charge is 0.319 e. The second kappa shape index (κ2) is 8.66. The molecule has 0 bridgehead atoms. The van der Waals surface area contributed by atoms with Crippen LogP contribution in [-0.4, -0.2) is 23.3 Å². The Morgan fingerprint density at radius 1 is 1.15 bits per heavy atom. The van der Waals surface area contributed by atoms with E-state index >= 15 is 0 Å². The van der Waals surface area contributed by atoms with E-state index in [1.807, 2.05) is 24.3 Å². The molecular weight excluding hydrogens is 360 g/mol. The maximum Gasteiger partial charge on any atom is 0.319 e. The molecule has 0 saturated carbocycles. The lowest BCUT2D eigenvalue weighted by molar-refractivity contribution is 0.252. The molecule has 26 heavy (non-hydrogen) atoms. The molecule has 0 fully saturated rings. The number of fused-ring (bicyclic) bond motifs is 1. The maximum atomic E-state index is 13.4. The standard InChI is InChI=1S/C18H17F2N3O2S/c19-12-7-8-14(13(20)11-12)22-17(24)21-9-3-4-10-26-18-23-15-5-1-2-6-16(15)25-18/h1-2,5-8,11H,3-4,9-10H2,(H2,21,22,24). The molecule has 0 saturated heterocycles. The van der Waals surface area contributed by atoms with Gasteiger partial charge in [0.2, 0.25) is 0 Å². The molecule has 0 spiro atoms. The number of anilines is 1. The summed E-state index contributed by atoms with van der Waals surface area (Å²) in [6.07, 6.45) is 1.61. The van der Waals surface area contributed by atoms with Gasteiger partial charge in [0, 0.05) is 18.4 Å². The van der Waals surface area contributed by atoms with E-state index in [9.17, 15) is 13.6 Å². The first-order valence-corrected chi connectivity index (χ1v) is 9.08. The van der Waals surface area contributed by atoms with Crippen LogP contribution in [0.5, 0.6) is 0 Å². The van der Waals surface area contributed by atoms with Crippen molar-refractivity contribution in [2.45, 2.75) is 18.1 Å². The van der Waals surface area contributed by atoms with Crippen LogP contribution in [0.1, 0.15) is 12.8 Å². The van der Waals surface area contributed by atoms with Gasteiger partial charge in [0.1, 0.15) is 17.2 Å². The molecule has 0 unspecified atom stereocenters. The summed E-state index contributed by atoms with van der Waals surface area (Å²) in [5, 5.41) is 5.61. The van der Waals surface area contributed by atoms with E-state index in [-0.39, 0.29) is 5.69 Å². The van der Waals surface area contributed by atoms with E-state index < -0.39 is 17.7 Å². The van der Waals surface area contributed by atoms with Gasteiger partial charge < -0.3 is 15.1 Å². The van der Waals surface area contributed by atoms with Crippen molar-refractivity contribution in [2.75, 3.05) is 17.6 Å². The van der Waals surface area contributed by atoms with Gasteiger partial charge in [-0.05, 0) is 37.1 Å². The third-order valence-electron chi connectivity index (χ3n) is 3.54. The third kappa shape index (κ3) is 4.95. The highest BCUT2D eigenvalue weighted by Gasteiger charge is 2.08. The van der Waals surface area contributed by atoms with Crippen LogP contribution in [0.25, 0.3) is 11.1 Å². The topological polar surface area (TPSA) is 67.2 Å². The van der Waals surface area contributed by atoms with Crippen LogP contribution in [0, 0.1) is 11.6 Å². The number of nitrogens with one attached hydrogen (secondary N) is 2. The molecule has 1 aromatic heterocycles. The number of para-hydroxylation sites is 2. The normalized spacial score (nSPS) is 10.8. The summed E-state index contributed by atoms with van der Waals surface area (Å²) in [4.78, 5) is 16.1. The number of halogens is 2. The second-order valence-corrected chi connectivity index (χ2v) is 6.55. The second-order valence-electron chi connectivity index (χ2n) is 5.51. The third-order valence-corrected chi connectivity index (χ3v) is 4.45. The fourth-order valence-corrected chi connectivity index (χ4v) is 3.09. The van der Waals surface area contributed by atoms with E-state index in [0.717, 1.165) is 41.8 Å². The SMILES string of the molecule is O=C(NCCCCSc1nc2ccccc2o1)Nc1ccc(F)cc1F. The van der Waals surface area contributed by atoms with Crippen molar-refractivity contribution in [1.82, 2.24) is 10.3 Å². The predicted octanol–water partition coefficient (Wildman–Crippen LogP) is 4.80. The summed E-state index contributed by atoms with van der Waals surface area (Å²) in [6.45, 7) is 0.447. The Morgan fingerprint density at radius 3 is 2.81 bits per heavy atom. The van der Waals surface area contributed by atoms with E-state index in [0.29, 0.717) is 11.8 Å². The van der Waals surface area contributed by atoms with E-state index in [4.69, 9.17) is 4.42 Å². The fourth-order valence-electron chi connectivity index (χ4n) is 2.26. The van der Waals surface area contributed by atoms with Crippen molar-refractivity contribution in [1.29, 1.82) is 0 Å². The zero-order chi connectivity index (χ0) is 18.4. The van der Waals surface area contributed by atoms with Crippen LogP contribution in [0.2, 0.25) is 0 Å². The van der Waals surface area contributed by atoms with E-state index in [1.54, 1.807) is 0 Å². The Balaban J connectivity index is 1.33. The highest BCUT2D eigenvalue weighted by molar-refractivity contribution is 7.99. The number of unbranched alkanes of at least 4 members (excludes halogenated alkanes) is 1. The first-order chi connectivity index (χ1) is 12.6. The summed E-state index contributed by atoms with van der Waals surface area (Å²) >= 11 is 1.52. The number of carbonyl (C=O) groups excluding carboxylic acids is 1. The van der Waals surface area contributed by atoms with Crippen molar-refractivity contribution in [3.8, 4) is 0 Å². The van der Waals surface area contributed by atoms with Gasteiger partial charge in [-0.1, -0.05) is 23.9 Å². The molecule has 0 aliphatic rings. The molecule has 2 amide bonds. The van der Waals surface area contributed by atoms with Crippen LogP contribution in [-0.2, 0) is 0 Å². The number of rotatable bonds is 7. The molecule has 3 rings (SSSR count). The molecular formula is C18H17F2N3O2S. The summed E-state index contributed by atoms with van der Waals surface area (Å²) in [7, 11) is 0. The molecule has 5 nitrogen and oxygen atoms in total. The Bertz CT molecular complexity index is 868. The number of carbonyl (C=O) groups is 1. The molecule has 0 aliphatic heterocycles. The Labute approximate surface area is 153 Å². The van der Waals surface area contributed by atoms with Gasteiger partial charge in [-0.15, -0.1) is 0 Å². The zero-order valence-electron chi connectivity index (χ0n) is 13.8. The lowest BCUT2D eigenvalue weighted by Crippen LogP contribution is -2.29. The number of benzene rings is 2. The Kier molecular flexibility index (Phi) is 6.06. The summed E-state index contributed by atoms with van der Waals surface area (Å²) in [5.74, 6) is -0.692.